The summed E-state index contributed by atoms with van der Waals surface area (Å²) < 4.78 is 0. The van der Waals surface area contributed by atoms with Gasteiger partial charge in [0.05, 0.1) is 0 Å². The van der Waals surface area contributed by atoms with Crippen molar-refractivity contribution in [2.75, 3.05) is 12.0 Å². The van der Waals surface area contributed by atoms with Crippen molar-refractivity contribution in [3.63, 3.8) is 0 Å². The van der Waals surface area contributed by atoms with E-state index >= 15 is 0 Å². The molecule has 1 nitrogen and oxygen atoms in total. The highest BCUT2D eigenvalue weighted by atomic mass is 32.2. The molecule has 1 aliphatic carbocycles. The monoisotopic (exact) mass is 215 g/mol. The van der Waals surface area contributed by atoms with Gasteiger partial charge in [-0.3, -0.25) is 0 Å². The third-order valence-corrected chi connectivity index (χ3v) is 4.46. The summed E-state index contributed by atoms with van der Waals surface area (Å²) in [6, 6.07) is 1.43. The van der Waals surface area contributed by atoms with Crippen LogP contribution in [0.4, 0.5) is 0 Å². The van der Waals surface area contributed by atoms with Crippen LogP contribution in [0.5, 0.6) is 0 Å². The number of thioether (sulfide) groups is 1. The molecule has 1 fully saturated rings. The van der Waals surface area contributed by atoms with Crippen LogP contribution in [-0.2, 0) is 0 Å². The number of rotatable bonds is 4. The second kappa shape index (κ2) is 6.02. The molecule has 1 rings (SSSR count). The molecule has 0 saturated heterocycles. The minimum Gasteiger partial charge on any atom is -0.310 e. The molecule has 0 aromatic heterocycles. The zero-order chi connectivity index (χ0) is 10.6. The van der Waals surface area contributed by atoms with Gasteiger partial charge in [-0.1, -0.05) is 26.7 Å². The quantitative estimate of drug-likeness (QED) is 0.773. The van der Waals surface area contributed by atoms with Crippen molar-refractivity contribution in [3.05, 3.63) is 0 Å². The summed E-state index contributed by atoms with van der Waals surface area (Å²) in [5.41, 5.74) is 0. The van der Waals surface area contributed by atoms with Gasteiger partial charge < -0.3 is 5.32 Å². The molecule has 0 spiro atoms. The Bertz CT molecular complexity index is 160. The molecule has 0 aliphatic heterocycles. The van der Waals surface area contributed by atoms with Crippen molar-refractivity contribution in [2.24, 2.45) is 11.8 Å². The molecular formula is C12H25NS. The lowest BCUT2D eigenvalue weighted by Gasteiger charge is -2.36. The van der Waals surface area contributed by atoms with E-state index in [0.717, 1.165) is 17.9 Å². The maximum atomic E-state index is 3.78. The third kappa shape index (κ3) is 3.47. The maximum Gasteiger partial charge on any atom is 0.0132 e. The zero-order valence-corrected chi connectivity index (χ0v) is 10.9. The van der Waals surface area contributed by atoms with E-state index in [0.29, 0.717) is 6.04 Å². The Balaban J connectivity index is 2.35. The number of hydrogen-bond acceptors (Lipinski definition) is 2. The fourth-order valence-electron chi connectivity index (χ4n) is 2.48. The van der Waals surface area contributed by atoms with Crippen molar-refractivity contribution in [3.8, 4) is 0 Å². The molecule has 0 aromatic carbocycles. The van der Waals surface area contributed by atoms with Gasteiger partial charge in [0.1, 0.15) is 0 Å². The van der Waals surface area contributed by atoms with E-state index in [4.69, 9.17) is 0 Å². The molecule has 4 atom stereocenters. The Morgan fingerprint density at radius 2 is 2.07 bits per heavy atom. The normalized spacial score (nSPS) is 35.6. The van der Waals surface area contributed by atoms with Crippen molar-refractivity contribution in [1.82, 2.24) is 5.32 Å². The largest absolute Gasteiger partial charge is 0.310 e. The minimum atomic E-state index is 0.669. The lowest BCUT2D eigenvalue weighted by atomic mass is 9.78. The first-order valence-electron chi connectivity index (χ1n) is 5.90. The van der Waals surface area contributed by atoms with Crippen LogP contribution < -0.4 is 5.32 Å². The number of hydrogen-bond donors (Lipinski definition) is 1. The molecule has 2 heteroatoms. The Hall–Kier alpha value is 0.310. The van der Waals surface area contributed by atoms with Crippen LogP contribution in [0.3, 0.4) is 0 Å². The van der Waals surface area contributed by atoms with Gasteiger partial charge in [-0.25, -0.2) is 0 Å². The van der Waals surface area contributed by atoms with Crippen molar-refractivity contribution < 1.29 is 0 Å². The van der Waals surface area contributed by atoms with Gasteiger partial charge in [-0.05, 0) is 31.4 Å². The molecule has 1 aliphatic rings. The second-order valence-corrected chi connectivity index (χ2v) is 5.81. The van der Waals surface area contributed by atoms with E-state index in [-0.39, 0.29) is 0 Å². The molecule has 1 saturated carbocycles. The van der Waals surface area contributed by atoms with Crippen LogP contribution in [0.2, 0.25) is 0 Å². The molecule has 4 unspecified atom stereocenters. The van der Waals surface area contributed by atoms with Crippen molar-refractivity contribution >= 4 is 11.8 Å². The van der Waals surface area contributed by atoms with Crippen molar-refractivity contribution in [2.45, 2.75) is 52.1 Å². The number of nitrogens with one attached hydrogen (secondary N) is 1. The van der Waals surface area contributed by atoms with E-state index in [1.807, 2.05) is 11.8 Å². The lowest BCUT2D eigenvalue weighted by molar-refractivity contribution is 0.199. The van der Waals surface area contributed by atoms with Gasteiger partial charge in [-0.2, -0.15) is 11.8 Å². The molecule has 14 heavy (non-hydrogen) atoms. The van der Waals surface area contributed by atoms with E-state index in [1.165, 1.54) is 25.0 Å². The predicted octanol–water partition coefficient (Wildman–Crippen LogP) is 3.15. The summed E-state index contributed by atoms with van der Waals surface area (Å²) >= 11 is 1.94. The highest BCUT2D eigenvalue weighted by Gasteiger charge is 2.27. The first-order valence-corrected chi connectivity index (χ1v) is 7.29. The predicted molar refractivity (Wildman–Crippen MR) is 66.9 cm³/mol. The smallest absolute Gasteiger partial charge is 0.0132 e. The van der Waals surface area contributed by atoms with Gasteiger partial charge in [-0.15, -0.1) is 0 Å². The van der Waals surface area contributed by atoms with Crippen LogP contribution in [0, 0.1) is 11.8 Å². The molecule has 0 aromatic rings. The van der Waals surface area contributed by atoms with E-state index in [1.54, 1.807) is 0 Å². The van der Waals surface area contributed by atoms with Crippen LogP contribution in [-0.4, -0.2) is 24.1 Å². The molecule has 0 heterocycles. The molecule has 1 N–H and O–H groups in total. The average Bonchev–Trinajstić information content (AvgIpc) is 2.13. The highest BCUT2D eigenvalue weighted by molar-refractivity contribution is 7.98. The van der Waals surface area contributed by atoms with Crippen molar-refractivity contribution in [1.29, 1.82) is 0 Å². The molecule has 0 radical (unpaired) electrons. The summed E-state index contributed by atoms with van der Waals surface area (Å²) in [4.78, 5) is 0. The van der Waals surface area contributed by atoms with E-state index in [9.17, 15) is 0 Å². The van der Waals surface area contributed by atoms with E-state index < -0.39 is 0 Å². The first-order chi connectivity index (χ1) is 6.65. The summed E-state index contributed by atoms with van der Waals surface area (Å²) in [7, 11) is 0. The van der Waals surface area contributed by atoms with Gasteiger partial charge in [0, 0.05) is 17.8 Å². The summed E-state index contributed by atoms with van der Waals surface area (Å²) in [6.45, 7) is 7.12. The van der Waals surface area contributed by atoms with Crippen LogP contribution >= 0.6 is 11.8 Å². The van der Waals surface area contributed by atoms with Gasteiger partial charge in [0.2, 0.25) is 0 Å². The second-order valence-electron chi connectivity index (χ2n) is 4.90. The van der Waals surface area contributed by atoms with Gasteiger partial charge >= 0.3 is 0 Å². The molecule has 0 bridgehead atoms. The fourth-order valence-corrected chi connectivity index (χ4v) is 3.08. The standard InChI is InChI=1S/C12H25NS/c1-9-6-5-7-12(11(9)3)13-10(2)8-14-4/h9-13H,5-8H2,1-4H3. The Labute approximate surface area is 93.4 Å². The Morgan fingerprint density at radius 1 is 1.36 bits per heavy atom. The van der Waals surface area contributed by atoms with E-state index in [2.05, 4.69) is 32.3 Å². The third-order valence-electron chi connectivity index (χ3n) is 3.62. The molecule has 84 valence electrons. The topological polar surface area (TPSA) is 12.0 Å². The van der Waals surface area contributed by atoms with Gasteiger partial charge in [0.15, 0.2) is 0 Å². The SMILES string of the molecule is CSCC(C)NC1CCCC(C)C1C. The zero-order valence-electron chi connectivity index (χ0n) is 10.0. The first kappa shape index (κ1) is 12.4. The Morgan fingerprint density at radius 3 is 2.71 bits per heavy atom. The Kier molecular flexibility index (Phi) is 5.32. The summed E-state index contributed by atoms with van der Waals surface area (Å²) in [6.07, 6.45) is 6.40. The highest BCUT2D eigenvalue weighted by Crippen LogP contribution is 2.29. The summed E-state index contributed by atoms with van der Waals surface area (Å²) in [5, 5.41) is 3.78. The molecular weight excluding hydrogens is 190 g/mol. The summed E-state index contributed by atoms with van der Waals surface area (Å²) in [5.74, 6) is 2.99. The average molecular weight is 215 g/mol. The fraction of sp³-hybridized carbons (Fsp3) is 1.00. The van der Waals surface area contributed by atoms with Gasteiger partial charge in [0.25, 0.3) is 0 Å². The van der Waals surface area contributed by atoms with Crippen LogP contribution in [0.25, 0.3) is 0 Å². The lowest BCUT2D eigenvalue weighted by Crippen LogP contribution is -2.45. The molecule has 0 amide bonds. The van der Waals surface area contributed by atoms with Crippen LogP contribution in [0.15, 0.2) is 0 Å². The van der Waals surface area contributed by atoms with Crippen LogP contribution in [0.1, 0.15) is 40.0 Å². The minimum absolute atomic E-state index is 0.669. The maximum absolute atomic E-state index is 3.78.